The summed E-state index contributed by atoms with van der Waals surface area (Å²) in [6.45, 7) is 0.394. The quantitative estimate of drug-likeness (QED) is 0.426. The Labute approximate surface area is 203 Å². The van der Waals surface area contributed by atoms with Crippen molar-refractivity contribution in [3.63, 3.8) is 0 Å². The Morgan fingerprint density at radius 1 is 1.00 bits per heavy atom. The molecule has 0 bridgehead atoms. The van der Waals surface area contributed by atoms with E-state index in [-0.39, 0.29) is 30.1 Å². The lowest BCUT2D eigenvalue weighted by atomic mass is 9.81. The number of halogens is 2. The highest BCUT2D eigenvalue weighted by atomic mass is 35.5. The van der Waals surface area contributed by atoms with Crippen LogP contribution in [0.5, 0.6) is 0 Å². The molecule has 4 N–H and O–H groups in total. The number of carbonyl (C=O) groups excluding carboxylic acids is 2. The summed E-state index contributed by atoms with van der Waals surface area (Å²) in [6.07, 6.45) is 4.19. The van der Waals surface area contributed by atoms with Gasteiger partial charge in [-0.3, -0.25) is 9.59 Å². The molecule has 8 heteroatoms. The lowest BCUT2D eigenvalue weighted by Gasteiger charge is -2.29. The molecule has 1 atom stereocenters. The van der Waals surface area contributed by atoms with E-state index in [1.165, 1.54) is 0 Å². The number of aliphatic carboxylic acids is 1. The van der Waals surface area contributed by atoms with Crippen LogP contribution in [-0.4, -0.2) is 35.4 Å². The molecule has 1 saturated carbocycles. The first kappa shape index (κ1) is 25.2. The van der Waals surface area contributed by atoms with E-state index in [4.69, 9.17) is 28.9 Å². The van der Waals surface area contributed by atoms with Crippen LogP contribution in [0.1, 0.15) is 53.6 Å². The van der Waals surface area contributed by atoms with Crippen LogP contribution in [0, 0.1) is 5.41 Å². The monoisotopic (exact) mass is 490 g/mol. The van der Waals surface area contributed by atoms with Crippen molar-refractivity contribution < 1.29 is 19.5 Å². The van der Waals surface area contributed by atoms with Gasteiger partial charge in [0, 0.05) is 12.8 Å². The molecule has 1 amide bonds. The number of amides is 1. The summed E-state index contributed by atoms with van der Waals surface area (Å²) in [4.78, 5) is 37.4. The molecule has 0 heterocycles. The van der Waals surface area contributed by atoms with Gasteiger partial charge < -0.3 is 16.2 Å². The maximum atomic E-state index is 12.9. The summed E-state index contributed by atoms with van der Waals surface area (Å²) in [5, 5.41) is 13.0. The van der Waals surface area contributed by atoms with Crippen molar-refractivity contribution in [2.24, 2.45) is 11.1 Å². The number of rotatable bonds is 10. The molecular formula is C25H28Cl2N2O4. The number of ketones is 1. The van der Waals surface area contributed by atoms with Crippen LogP contribution in [0.2, 0.25) is 10.0 Å². The summed E-state index contributed by atoms with van der Waals surface area (Å²) >= 11 is 12.2. The van der Waals surface area contributed by atoms with Gasteiger partial charge in [0.2, 0.25) is 5.91 Å². The van der Waals surface area contributed by atoms with Gasteiger partial charge in [-0.05, 0) is 49.1 Å². The number of nitrogens with two attached hydrogens (primary N) is 1. The molecule has 1 unspecified atom stereocenters. The standard InChI is InChI=1S/C25H28Cl2N2O4/c26-18-4-3-5-19(27)22(18)21(30)15-17-8-6-16(7-9-17)14-20(23(31)32)29-24(33)25(12-13-28)10-1-2-11-25/h3-9,20H,1-2,10-15,28H2,(H,29,33)(H,31,32). The first-order valence-corrected chi connectivity index (χ1v) is 11.8. The Morgan fingerprint density at radius 3 is 2.12 bits per heavy atom. The summed E-state index contributed by atoms with van der Waals surface area (Å²) < 4.78 is 0. The van der Waals surface area contributed by atoms with E-state index in [0.29, 0.717) is 23.0 Å². The molecule has 0 saturated heterocycles. The molecule has 1 fully saturated rings. The fraction of sp³-hybridized carbons (Fsp3) is 0.400. The van der Waals surface area contributed by atoms with Crippen molar-refractivity contribution in [2.75, 3.05) is 6.54 Å². The minimum atomic E-state index is -1.09. The topological polar surface area (TPSA) is 109 Å². The number of carbonyl (C=O) groups is 3. The highest BCUT2D eigenvalue weighted by molar-refractivity contribution is 6.39. The minimum absolute atomic E-state index is 0.116. The number of Topliss-reactive ketones (excluding diaryl/α,β-unsaturated/α-hetero) is 1. The number of hydrogen-bond donors (Lipinski definition) is 3. The zero-order valence-corrected chi connectivity index (χ0v) is 19.8. The fourth-order valence-corrected chi connectivity index (χ4v) is 5.11. The first-order valence-electron chi connectivity index (χ1n) is 11.0. The number of nitrogens with one attached hydrogen (secondary N) is 1. The summed E-state index contributed by atoms with van der Waals surface area (Å²) in [5.74, 6) is -1.51. The van der Waals surface area contributed by atoms with Crippen LogP contribution in [0.25, 0.3) is 0 Å². The average molecular weight is 491 g/mol. The maximum absolute atomic E-state index is 12.9. The van der Waals surface area contributed by atoms with Crippen molar-refractivity contribution in [1.82, 2.24) is 5.32 Å². The van der Waals surface area contributed by atoms with Crippen LogP contribution in [-0.2, 0) is 22.4 Å². The summed E-state index contributed by atoms with van der Waals surface area (Å²) in [5.41, 5.74) is 6.94. The van der Waals surface area contributed by atoms with E-state index in [2.05, 4.69) is 5.32 Å². The van der Waals surface area contributed by atoms with Crippen LogP contribution < -0.4 is 11.1 Å². The zero-order chi connectivity index (χ0) is 24.0. The van der Waals surface area contributed by atoms with E-state index in [1.807, 2.05) is 0 Å². The van der Waals surface area contributed by atoms with Crippen molar-refractivity contribution >= 4 is 40.9 Å². The van der Waals surface area contributed by atoms with E-state index in [9.17, 15) is 19.5 Å². The molecule has 0 aliphatic heterocycles. The van der Waals surface area contributed by atoms with E-state index < -0.39 is 17.4 Å². The van der Waals surface area contributed by atoms with Crippen molar-refractivity contribution in [1.29, 1.82) is 0 Å². The Morgan fingerprint density at radius 2 is 1.58 bits per heavy atom. The number of hydrogen-bond acceptors (Lipinski definition) is 4. The Balaban J connectivity index is 1.66. The predicted molar refractivity (Wildman–Crippen MR) is 129 cm³/mol. The largest absolute Gasteiger partial charge is 0.480 e. The zero-order valence-electron chi connectivity index (χ0n) is 18.3. The lowest BCUT2D eigenvalue weighted by Crippen LogP contribution is -2.49. The molecule has 1 aliphatic carbocycles. The fourth-order valence-electron chi connectivity index (χ4n) is 4.50. The molecule has 6 nitrogen and oxygen atoms in total. The van der Waals surface area contributed by atoms with Crippen LogP contribution >= 0.6 is 23.2 Å². The Hall–Kier alpha value is -2.41. The number of carboxylic acid groups (broad SMARTS) is 1. The van der Waals surface area contributed by atoms with Gasteiger partial charge in [0.25, 0.3) is 0 Å². The molecule has 3 rings (SSSR count). The summed E-state index contributed by atoms with van der Waals surface area (Å²) in [6, 6.07) is 11.0. The molecule has 0 radical (unpaired) electrons. The second-order valence-electron chi connectivity index (χ2n) is 8.61. The van der Waals surface area contributed by atoms with Crippen LogP contribution in [0.15, 0.2) is 42.5 Å². The Bertz CT molecular complexity index is 997. The van der Waals surface area contributed by atoms with Gasteiger partial charge in [0.05, 0.1) is 21.0 Å². The third-order valence-electron chi connectivity index (χ3n) is 6.34. The summed E-state index contributed by atoms with van der Waals surface area (Å²) in [7, 11) is 0. The first-order chi connectivity index (χ1) is 15.8. The predicted octanol–water partition coefficient (Wildman–Crippen LogP) is 4.44. The SMILES string of the molecule is NCCC1(C(=O)NC(Cc2ccc(CC(=O)c3c(Cl)cccc3Cl)cc2)C(=O)O)CCCC1. The third kappa shape index (κ3) is 6.14. The van der Waals surface area contributed by atoms with Gasteiger partial charge in [0.15, 0.2) is 5.78 Å². The van der Waals surface area contributed by atoms with E-state index >= 15 is 0 Å². The maximum Gasteiger partial charge on any atom is 0.326 e. The van der Waals surface area contributed by atoms with Crippen molar-refractivity contribution in [2.45, 2.75) is 51.0 Å². The number of carboxylic acids is 1. The van der Waals surface area contributed by atoms with Crippen LogP contribution in [0.4, 0.5) is 0 Å². The molecule has 33 heavy (non-hydrogen) atoms. The van der Waals surface area contributed by atoms with Gasteiger partial charge in [0.1, 0.15) is 6.04 Å². The Kier molecular flexibility index (Phi) is 8.51. The highest BCUT2D eigenvalue weighted by Crippen LogP contribution is 2.41. The molecule has 2 aromatic rings. The van der Waals surface area contributed by atoms with Crippen molar-refractivity contribution in [3.8, 4) is 0 Å². The van der Waals surface area contributed by atoms with Gasteiger partial charge in [-0.2, -0.15) is 0 Å². The van der Waals surface area contributed by atoms with Crippen LogP contribution in [0.3, 0.4) is 0 Å². The normalized spacial score (nSPS) is 15.7. The average Bonchev–Trinajstić information content (AvgIpc) is 3.24. The van der Waals surface area contributed by atoms with Gasteiger partial charge in [-0.25, -0.2) is 4.79 Å². The molecule has 176 valence electrons. The molecule has 1 aliphatic rings. The smallest absolute Gasteiger partial charge is 0.326 e. The minimum Gasteiger partial charge on any atom is -0.480 e. The molecular weight excluding hydrogens is 463 g/mol. The van der Waals surface area contributed by atoms with Gasteiger partial charge in [-0.15, -0.1) is 0 Å². The molecule has 2 aromatic carbocycles. The lowest BCUT2D eigenvalue weighted by molar-refractivity contribution is -0.144. The molecule has 0 aromatic heterocycles. The van der Waals surface area contributed by atoms with E-state index in [0.717, 1.165) is 36.8 Å². The van der Waals surface area contributed by atoms with Gasteiger partial charge >= 0.3 is 5.97 Å². The second kappa shape index (κ2) is 11.1. The van der Waals surface area contributed by atoms with E-state index in [1.54, 1.807) is 42.5 Å². The van der Waals surface area contributed by atoms with Crippen molar-refractivity contribution in [3.05, 3.63) is 69.2 Å². The highest BCUT2D eigenvalue weighted by Gasteiger charge is 2.41. The van der Waals surface area contributed by atoms with Gasteiger partial charge in [-0.1, -0.05) is 66.4 Å². The third-order valence-corrected chi connectivity index (χ3v) is 6.97. The number of benzene rings is 2. The second-order valence-corrected chi connectivity index (χ2v) is 9.42. The molecule has 0 spiro atoms.